The van der Waals surface area contributed by atoms with Crippen LogP contribution in [0.15, 0.2) is 0 Å². The van der Waals surface area contributed by atoms with Gasteiger partial charge in [0, 0.05) is 13.1 Å². The van der Waals surface area contributed by atoms with E-state index >= 15 is 0 Å². The molecule has 1 N–H and O–H groups in total. The monoisotopic (exact) mass is 123 g/mol. The molecule has 26 valence electrons. The second-order valence-electron chi connectivity index (χ2n) is 0.750. The van der Waals surface area contributed by atoms with Crippen molar-refractivity contribution in [2.45, 2.75) is 0 Å². The van der Waals surface area contributed by atoms with Crippen LogP contribution < -0.4 is 5.32 Å². The average Bonchev–Trinajstić information content (AvgIpc) is 2.19. The zero-order valence-corrected chi connectivity index (χ0v) is 6.00. The molecular formula is C2H5NOZn. The molecule has 0 aromatic carbocycles. The zero-order valence-electron chi connectivity index (χ0n) is 3.03. The number of rotatable bonds is 0. The standard InChI is InChI=1S/C2H5N.O.Zn/c1-2-3-1;;/h3H,1-2H2;;. The van der Waals surface area contributed by atoms with Crippen LogP contribution >= 0.6 is 0 Å². The van der Waals surface area contributed by atoms with Crippen molar-refractivity contribution in [2.24, 2.45) is 0 Å². The Kier molecular flexibility index (Phi) is 4.72. The Labute approximate surface area is 40.9 Å². The van der Waals surface area contributed by atoms with Crippen LogP contribution in [0.25, 0.3) is 0 Å². The predicted molar refractivity (Wildman–Crippen MR) is 13.6 cm³/mol. The molecule has 1 rings (SSSR count). The van der Waals surface area contributed by atoms with Gasteiger partial charge in [0.25, 0.3) is 0 Å². The third-order valence-electron chi connectivity index (χ3n) is 0.250. The van der Waals surface area contributed by atoms with Crippen molar-refractivity contribution < 1.29 is 21.8 Å². The van der Waals surface area contributed by atoms with E-state index in [9.17, 15) is 0 Å². The zero-order chi connectivity index (χ0) is 4.12. The van der Waals surface area contributed by atoms with Gasteiger partial charge in [-0.15, -0.1) is 0 Å². The van der Waals surface area contributed by atoms with E-state index in [0.717, 1.165) is 0 Å². The minimum absolute atomic E-state index is 0.125. The van der Waals surface area contributed by atoms with E-state index in [-0.39, 0.29) is 18.3 Å². The van der Waals surface area contributed by atoms with Gasteiger partial charge in [-0.25, -0.2) is 0 Å². The molecule has 5 heavy (non-hydrogen) atoms. The van der Waals surface area contributed by atoms with Gasteiger partial charge < -0.3 is 5.32 Å². The SMILES string of the molecule is C1CN1.[O]=[Zn]. The Morgan fingerprint density at radius 2 is 1.60 bits per heavy atom. The first kappa shape index (κ1) is 5.38. The van der Waals surface area contributed by atoms with Crippen molar-refractivity contribution >= 4 is 0 Å². The van der Waals surface area contributed by atoms with Crippen LogP contribution in [0.4, 0.5) is 0 Å². The van der Waals surface area contributed by atoms with E-state index in [2.05, 4.69) is 5.32 Å². The fraction of sp³-hybridized carbons (Fsp3) is 1.00. The number of hydrogen-bond acceptors (Lipinski definition) is 2. The van der Waals surface area contributed by atoms with Gasteiger partial charge in [0.15, 0.2) is 0 Å². The van der Waals surface area contributed by atoms with Gasteiger partial charge in [-0.2, -0.15) is 0 Å². The van der Waals surface area contributed by atoms with Crippen LogP contribution in [0.1, 0.15) is 0 Å². The topological polar surface area (TPSA) is 39.0 Å². The molecule has 2 nitrogen and oxygen atoms in total. The third kappa shape index (κ3) is 13.0. The first-order chi connectivity index (χ1) is 2.50. The minimum atomic E-state index is 0.125. The van der Waals surface area contributed by atoms with Gasteiger partial charge in [-0.05, 0) is 0 Å². The van der Waals surface area contributed by atoms with E-state index in [1.54, 1.807) is 0 Å². The summed E-state index contributed by atoms with van der Waals surface area (Å²) in [6.07, 6.45) is 0. The second-order valence-corrected chi connectivity index (χ2v) is 0.750. The van der Waals surface area contributed by atoms with Crippen LogP contribution in [0.3, 0.4) is 0 Å². The summed E-state index contributed by atoms with van der Waals surface area (Å²) < 4.78 is 8.38. The quantitative estimate of drug-likeness (QED) is 0.348. The van der Waals surface area contributed by atoms with E-state index in [1.165, 1.54) is 13.1 Å². The molecule has 0 unspecified atom stereocenters. The van der Waals surface area contributed by atoms with Crippen LogP contribution in [0.5, 0.6) is 0 Å². The average molecular weight is 124 g/mol. The molecule has 0 saturated carbocycles. The molecule has 0 aliphatic carbocycles. The van der Waals surface area contributed by atoms with Gasteiger partial charge in [-0.3, -0.25) is 0 Å². The molecule has 0 spiro atoms. The molecule has 1 aliphatic heterocycles. The Morgan fingerprint density at radius 1 is 1.40 bits per heavy atom. The van der Waals surface area contributed by atoms with E-state index in [1.807, 2.05) is 0 Å². The predicted octanol–water partition coefficient (Wildman–Crippen LogP) is -0.532. The first-order valence-electron chi connectivity index (χ1n) is 1.50. The van der Waals surface area contributed by atoms with Gasteiger partial charge in [0.05, 0.1) is 0 Å². The summed E-state index contributed by atoms with van der Waals surface area (Å²) in [7, 11) is 0. The normalized spacial score (nSPS) is 15.6. The molecule has 0 radical (unpaired) electrons. The summed E-state index contributed by atoms with van der Waals surface area (Å²) >= 11 is 0.125. The molecule has 1 saturated heterocycles. The van der Waals surface area contributed by atoms with Gasteiger partial charge in [-0.1, -0.05) is 0 Å². The summed E-state index contributed by atoms with van der Waals surface area (Å²) in [5.74, 6) is 0. The molecule has 3 heteroatoms. The summed E-state index contributed by atoms with van der Waals surface area (Å²) in [6.45, 7) is 2.50. The maximum atomic E-state index is 8.38. The maximum absolute atomic E-state index is 8.38. The van der Waals surface area contributed by atoms with Crippen LogP contribution in [-0.4, -0.2) is 13.1 Å². The molecule has 0 atom stereocenters. The molecule has 0 amide bonds. The molecule has 0 aromatic heterocycles. The van der Waals surface area contributed by atoms with Crippen molar-refractivity contribution in [2.75, 3.05) is 13.1 Å². The molecule has 1 aliphatic rings. The molecular weight excluding hydrogens is 119 g/mol. The van der Waals surface area contributed by atoms with Crippen molar-refractivity contribution in [3.8, 4) is 0 Å². The summed E-state index contributed by atoms with van der Waals surface area (Å²) in [5, 5.41) is 3.00. The van der Waals surface area contributed by atoms with E-state index in [4.69, 9.17) is 3.57 Å². The first-order valence-corrected chi connectivity index (χ1v) is 2.71. The van der Waals surface area contributed by atoms with Crippen LogP contribution in [-0.2, 0) is 21.8 Å². The number of hydrogen-bond donors (Lipinski definition) is 1. The molecule has 1 fully saturated rings. The summed E-state index contributed by atoms with van der Waals surface area (Å²) in [5.41, 5.74) is 0. The summed E-state index contributed by atoms with van der Waals surface area (Å²) in [4.78, 5) is 0. The summed E-state index contributed by atoms with van der Waals surface area (Å²) in [6, 6.07) is 0. The van der Waals surface area contributed by atoms with Gasteiger partial charge in [0.1, 0.15) is 0 Å². The van der Waals surface area contributed by atoms with E-state index in [0.29, 0.717) is 0 Å². The Hall–Kier alpha value is 0.383. The van der Waals surface area contributed by atoms with Gasteiger partial charge >= 0.3 is 21.8 Å². The second kappa shape index (κ2) is 4.38. The van der Waals surface area contributed by atoms with Gasteiger partial charge in [0.2, 0.25) is 0 Å². The molecule has 0 bridgehead atoms. The van der Waals surface area contributed by atoms with Crippen LogP contribution in [0, 0.1) is 0 Å². The molecule has 0 aromatic rings. The van der Waals surface area contributed by atoms with Crippen molar-refractivity contribution in [3.63, 3.8) is 0 Å². The fourth-order valence-corrected chi connectivity index (χ4v) is 0. The molecule has 1 heterocycles. The fourth-order valence-electron chi connectivity index (χ4n) is 0. The van der Waals surface area contributed by atoms with Crippen LogP contribution in [0.2, 0.25) is 0 Å². The number of nitrogens with one attached hydrogen (secondary N) is 1. The van der Waals surface area contributed by atoms with Crippen molar-refractivity contribution in [1.29, 1.82) is 0 Å². The Bertz CT molecular complexity index is 20.9. The van der Waals surface area contributed by atoms with E-state index < -0.39 is 0 Å². The van der Waals surface area contributed by atoms with Crippen molar-refractivity contribution in [3.05, 3.63) is 0 Å². The Balaban J connectivity index is 0.0000000733. The third-order valence-corrected chi connectivity index (χ3v) is 0.250. The van der Waals surface area contributed by atoms with Crippen molar-refractivity contribution in [1.82, 2.24) is 5.32 Å². The Morgan fingerprint density at radius 3 is 1.60 bits per heavy atom.